The van der Waals surface area contributed by atoms with Crippen molar-refractivity contribution in [3.05, 3.63) is 35.4 Å². The molecule has 0 heterocycles. The monoisotopic (exact) mass is 256 g/mol. The SMILES string of the molecule is CC(C)Cc1ccc(C(C)OS(C)(=O)=O)cc1. The van der Waals surface area contributed by atoms with Gasteiger partial charge in [0.1, 0.15) is 0 Å². The highest BCUT2D eigenvalue weighted by Crippen LogP contribution is 2.20. The number of rotatable bonds is 5. The summed E-state index contributed by atoms with van der Waals surface area (Å²) < 4.78 is 26.9. The Kier molecular flexibility index (Phi) is 4.71. The van der Waals surface area contributed by atoms with E-state index in [1.54, 1.807) is 6.92 Å². The van der Waals surface area contributed by atoms with E-state index in [1.165, 1.54) is 5.56 Å². The van der Waals surface area contributed by atoms with Crippen molar-refractivity contribution in [3.63, 3.8) is 0 Å². The zero-order valence-electron chi connectivity index (χ0n) is 10.8. The van der Waals surface area contributed by atoms with E-state index < -0.39 is 16.2 Å². The van der Waals surface area contributed by atoms with E-state index in [0.717, 1.165) is 18.2 Å². The molecule has 4 heteroatoms. The molecule has 0 aliphatic rings. The van der Waals surface area contributed by atoms with E-state index in [0.29, 0.717) is 5.92 Å². The van der Waals surface area contributed by atoms with Crippen molar-refractivity contribution in [1.82, 2.24) is 0 Å². The van der Waals surface area contributed by atoms with Gasteiger partial charge in [0, 0.05) is 0 Å². The van der Waals surface area contributed by atoms with Crippen molar-refractivity contribution < 1.29 is 12.6 Å². The number of benzene rings is 1. The van der Waals surface area contributed by atoms with Gasteiger partial charge in [-0.25, -0.2) is 0 Å². The molecule has 0 aliphatic heterocycles. The Labute approximate surface area is 104 Å². The van der Waals surface area contributed by atoms with Crippen LogP contribution in [-0.2, 0) is 20.7 Å². The van der Waals surface area contributed by atoms with Gasteiger partial charge in [-0.3, -0.25) is 4.18 Å². The zero-order valence-corrected chi connectivity index (χ0v) is 11.6. The minimum Gasteiger partial charge on any atom is -0.262 e. The van der Waals surface area contributed by atoms with Gasteiger partial charge in [0.05, 0.1) is 12.4 Å². The van der Waals surface area contributed by atoms with E-state index in [4.69, 9.17) is 4.18 Å². The summed E-state index contributed by atoms with van der Waals surface area (Å²) in [4.78, 5) is 0. The second-order valence-corrected chi connectivity index (χ2v) is 6.38. The van der Waals surface area contributed by atoms with Crippen LogP contribution >= 0.6 is 0 Å². The molecule has 1 rings (SSSR count). The second-order valence-electron chi connectivity index (χ2n) is 4.78. The first kappa shape index (κ1) is 14.2. The smallest absolute Gasteiger partial charge is 0.262 e. The molecule has 0 saturated heterocycles. The molecule has 1 atom stereocenters. The van der Waals surface area contributed by atoms with Crippen LogP contribution in [-0.4, -0.2) is 14.7 Å². The highest BCUT2D eigenvalue weighted by Gasteiger charge is 2.12. The van der Waals surface area contributed by atoms with Gasteiger partial charge >= 0.3 is 0 Å². The van der Waals surface area contributed by atoms with Crippen LogP contribution in [0.2, 0.25) is 0 Å². The molecule has 0 saturated carbocycles. The largest absolute Gasteiger partial charge is 0.264 e. The van der Waals surface area contributed by atoms with Gasteiger partial charge in [0.25, 0.3) is 10.1 Å². The second kappa shape index (κ2) is 5.65. The lowest BCUT2D eigenvalue weighted by atomic mass is 10.0. The summed E-state index contributed by atoms with van der Waals surface area (Å²) in [6.07, 6.45) is 1.66. The number of hydrogen-bond donors (Lipinski definition) is 0. The van der Waals surface area contributed by atoms with Crippen molar-refractivity contribution >= 4 is 10.1 Å². The molecule has 1 aromatic rings. The molecule has 0 radical (unpaired) electrons. The van der Waals surface area contributed by atoms with E-state index in [-0.39, 0.29) is 0 Å². The molecule has 96 valence electrons. The molecule has 1 unspecified atom stereocenters. The lowest BCUT2D eigenvalue weighted by Crippen LogP contribution is -2.07. The third kappa shape index (κ3) is 5.33. The lowest BCUT2D eigenvalue weighted by Gasteiger charge is -2.12. The summed E-state index contributed by atoms with van der Waals surface area (Å²) in [6, 6.07) is 7.90. The summed E-state index contributed by atoms with van der Waals surface area (Å²) in [5, 5.41) is 0. The van der Waals surface area contributed by atoms with Crippen LogP contribution in [0.15, 0.2) is 24.3 Å². The first-order valence-corrected chi connectivity index (χ1v) is 7.56. The normalized spacial score (nSPS) is 13.9. The van der Waals surface area contributed by atoms with Gasteiger partial charge in [-0.15, -0.1) is 0 Å². The van der Waals surface area contributed by atoms with E-state index in [2.05, 4.69) is 13.8 Å². The summed E-state index contributed by atoms with van der Waals surface area (Å²) >= 11 is 0. The van der Waals surface area contributed by atoms with Gasteiger partial charge in [0.15, 0.2) is 0 Å². The van der Waals surface area contributed by atoms with Gasteiger partial charge in [-0.05, 0) is 30.4 Å². The fourth-order valence-corrected chi connectivity index (χ4v) is 2.35. The van der Waals surface area contributed by atoms with Crippen molar-refractivity contribution in [2.75, 3.05) is 6.26 Å². The Morgan fingerprint density at radius 3 is 2.06 bits per heavy atom. The molecule has 3 nitrogen and oxygen atoms in total. The Hall–Kier alpha value is -0.870. The van der Waals surface area contributed by atoms with Crippen molar-refractivity contribution in [2.24, 2.45) is 5.92 Å². The lowest BCUT2D eigenvalue weighted by molar-refractivity contribution is 0.236. The third-order valence-corrected chi connectivity index (χ3v) is 3.05. The summed E-state index contributed by atoms with van der Waals surface area (Å²) in [5.41, 5.74) is 2.14. The molecule has 0 N–H and O–H groups in total. The fraction of sp³-hybridized carbons (Fsp3) is 0.538. The Morgan fingerprint density at radius 2 is 1.65 bits per heavy atom. The van der Waals surface area contributed by atoms with Gasteiger partial charge in [-0.1, -0.05) is 38.1 Å². The van der Waals surface area contributed by atoms with Crippen LogP contribution < -0.4 is 0 Å². The van der Waals surface area contributed by atoms with E-state index in [1.807, 2.05) is 24.3 Å². The van der Waals surface area contributed by atoms with Crippen molar-refractivity contribution in [2.45, 2.75) is 33.3 Å². The fourth-order valence-electron chi connectivity index (χ4n) is 1.71. The minimum absolute atomic E-state index is 0.432. The number of hydrogen-bond acceptors (Lipinski definition) is 3. The highest BCUT2D eigenvalue weighted by atomic mass is 32.2. The molecule has 0 bridgehead atoms. The highest BCUT2D eigenvalue weighted by molar-refractivity contribution is 7.86. The minimum atomic E-state index is -3.40. The van der Waals surface area contributed by atoms with Gasteiger partial charge < -0.3 is 0 Å². The predicted octanol–water partition coefficient (Wildman–Crippen LogP) is 2.92. The Balaban J connectivity index is 2.73. The van der Waals surface area contributed by atoms with Crippen molar-refractivity contribution in [3.8, 4) is 0 Å². The molecule has 17 heavy (non-hydrogen) atoms. The maximum atomic E-state index is 11.0. The first-order chi connectivity index (χ1) is 7.78. The summed E-state index contributed by atoms with van der Waals surface area (Å²) in [5.74, 6) is 0.616. The van der Waals surface area contributed by atoms with Gasteiger partial charge in [-0.2, -0.15) is 8.42 Å². The molecule has 0 fully saturated rings. The van der Waals surface area contributed by atoms with Crippen molar-refractivity contribution in [1.29, 1.82) is 0 Å². The van der Waals surface area contributed by atoms with Crippen LogP contribution in [0.5, 0.6) is 0 Å². The van der Waals surface area contributed by atoms with E-state index in [9.17, 15) is 8.42 Å². The van der Waals surface area contributed by atoms with Crippen LogP contribution in [0.4, 0.5) is 0 Å². The predicted molar refractivity (Wildman–Crippen MR) is 69.3 cm³/mol. The molecule has 0 amide bonds. The maximum Gasteiger partial charge on any atom is 0.264 e. The standard InChI is InChI=1S/C13H20O3S/c1-10(2)9-12-5-7-13(8-6-12)11(3)16-17(4,14)15/h5-8,10-11H,9H2,1-4H3. The summed E-state index contributed by atoms with van der Waals surface area (Å²) in [6.45, 7) is 6.07. The van der Waals surface area contributed by atoms with Crippen LogP contribution in [0.3, 0.4) is 0 Å². The first-order valence-electron chi connectivity index (χ1n) is 5.75. The zero-order chi connectivity index (χ0) is 13.1. The maximum absolute atomic E-state index is 11.0. The molecule has 0 aliphatic carbocycles. The third-order valence-electron chi connectivity index (χ3n) is 2.41. The van der Waals surface area contributed by atoms with Crippen LogP contribution in [0, 0.1) is 5.92 Å². The van der Waals surface area contributed by atoms with Crippen LogP contribution in [0.25, 0.3) is 0 Å². The van der Waals surface area contributed by atoms with Crippen LogP contribution in [0.1, 0.15) is 38.0 Å². The average Bonchev–Trinajstić information content (AvgIpc) is 2.15. The molecule has 0 spiro atoms. The Morgan fingerprint density at radius 1 is 1.12 bits per heavy atom. The topological polar surface area (TPSA) is 43.4 Å². The average molecular weight is 256 g/mol. The van der Waals surface area contributed by atoms with Gasteiger partial charge in [0.2, 0.25) is 0 Å². The quantitative estimate of drug-likeness (QED) is 0.761. The molecular weight excluding hydrogens is 236 g/mol. The molecule has 0 aromatic heterocycles. The molecule has 1 aromatic carbocycles. The van der Waals surface area contributed by atoms with E-state index >= 15 is 0 Å². The summed E-state index contributed by atoms with van der Waals surface area (Å²) in [7, 11) is -3.40. The Bertz CT molecular complexity index is 446. The molecular formula is C13H20O3S.